The van der Waals surface area contributed by atoms with Crippen molar-refractivity contribution in [2.45, 2.75) is 38.6 Å². The molecule has 126 valence electrons. The summed E-state index contributed by atoms with van der Waals surface area (Å²) in [5, 5.41) is 4.00. The van der Waals surface area contributed by atoms with E-state index >= 15 is 0 Å². The lowest BCUT2D eigenvalue weighted by atomic mass is 9.98. The molecule has 2 heterocycles. The second-order valence-electron chi connectivity index (χ2n) is 6.21. The molecule has 0 radical (unpaired) electrons. The van der Waals surface area contributed by atoms with E-state index < -0.39 is 0 Å². The zero-order valence-corrected chi connectivity index (χ0v) is 14.3. The fraction of sp³-hybridized carbons (Fsp3) is 0.500. The van der Waals surface area contributed by atoms with E-state index in [4.69, 9.17) is 15.0 Å². The minimum atomic E-state index is -0.0746. The molecule has 1 fully saturated rings. The molecular weight excluding hydrogens is 316 g/mol. The van der Waals surface area contributed by atoms with Crippen LogP contribution in [0.3, 0.4) is 0 Å². The van der Waals surface area contributed by atoms with Crippen LogP contribution in [0.2, 0.25) is 0 Å². The summed E-state index contributed by atoms with van der Waals surface area (Å²) in [6, 6.07) is 10.3. The van der Waals surface area contributed by atoms with Crippen LogP contribution in [0.1, 0.15) is 37.2 Å². The van der Waals surface area contributed by atoms with Crippen molar-refractivity contribution in [2.24, 2.45) is 5.73 Å². The van der Waals surface area contributed by atoms with Gasteiger partial charge in [0.1, 0.15) is 0 Å². The van der Waals surface area contributed by atoms with Gasteiger partial charge in [-0.15, -0.1) is 12.4 Å². The van der Waals surface area contributed by atoms with Crippen molar-refractivity contribution in [1.29, 1.82) is 0 Å². The molecule has 0 saturated carbocycles. The van der Waals surface area contributed by atoms with Crippen molar-refractivity contribution in [2.75, 3.05) is 13.2 Å². The summed E-state index contributed by atoms with van der Waals surface area (Å²) in [6.07, 6.45) is 0.0649. The van der Waals surface area contributed by atoms with Crippen molar-refractivity contribution in [3.63, 3.8) is 0 Å². The molecule has 6 nitrogen and oxygen atoms in total. The Morgan fingerprint density at radius 1 is 1.30 bits per heavy atom. The van der Waals surface area contributed by atoms with E-state index in [2.05, 4.69) is 41.0 Å². The average molecular weight is 339 g/mol. The maximum Gasteiger partial charge on any atom is 0.240 e. The first-order valence-electron chi connectivity index (χ1n) is 7.51. The number of nitrogens with two attached hydrogens (primary N) is 1. The molecule has 2 aromatic rings. The van der Waals surface area contributed by atoms with Crippen LogP contribution < -0.4 is 5.73 Å². The number of rotatable bonds is 4. The number of hydrogen-bond acceptors (Lipinski definition) is 6. The van der Waals surface area contributed by atoms with Gasteiger partial charge in [-0.2, -0.15) is 4.98 Å². The van der Waals surface area contributed by atoms with Crippen LogP contribution in [-0.4, -0.2) is 33.7 Å². The van der Waals surface area contributed by atoms with Gasteiger partial charge in [0.2, 0.25) is 5.89 Å². The van der Waals surface area contributed by atoms with Gasteiger partial charge in [-0.3, -0.25) is 4.90 Å². The van der Waals surface area contributed by atoms with E-state index in [1.165, 1.54) is 5.56 Å². The summed E-state index contributed by atoms with van der Waals surface area (Å²) in [7, 11) is 0. The molecule has 0 bridgehead atoms. The highest BCUT2D eigenvalue weighted by molar-refractivity contribution is 5.85. The van der Waals surface area contributed by atoms with Crippen molar-refractivity contribution in [3.8, 4) is 0 Å². The van der Waals surface area contributed by atoms with Gasteiger partial charge in [-0.1, -0.05) is 35.5 Å². The number of ether oxygens (including phenoxy) is 1. The predicted octanol–water partition coefficient (Wildman–Crippen LogP) is 2.30. The van der Waals surface area contributed by atoms with Gasteiger partial charge in [0.15, 0.2) is 5.82 Å². The molecule has 0 spiro atoms. The van der Waals surface area contributed by atoms with Crippen LogP contribution in [-0.2, 0) is 17.8 Å². The van der Waals surface area contributed by atoms with Gasteiger partial charge in [-0.25, -0.2) is 0 Å². The minimum absolute atomic E-state index is 0. The molecular formula is C16H23ClN4O2. The maximum atomic E-state index is 6.05. The van der Waals surface area contributed by atoms with Crippen LogP contribution in [0.25, 0.3) is 0 Å². The highest BCUT2D eigenvalue weighted by Crippen LogP contribution is 2.31. The normalized spacial score (nSPS) is 20.9. The second kappa shape index (κ2) is 7.40. The lowest BCUT2D eigenvalue weighted by molar-refractivity contribution is -0.105. The zero-order chi connectivity index (χ0) is 15.6. The van der Waals surface area contributed by atoms with Crippen molar-refractivity contribution >= 4 is 12.4 Å². The molecule has 0 aliphatic carbocycles. The Hall–Kier alpha value is -1.47. The van der Waals surface area contributed by atoms with Gasteiger partial charge in [-0.05, 0) is 19.4 Å². The molecule has 1 atom stereocenters. The third-order valence-corrected chi connectivity index (χ3v) is 4.07. The molecule has 1 aliphatic heterocycles. The zero-order valence-electron chi connectivity index (χ0n) is 13.4. The number of halogens is 1. The smallest absolute Gasteiger partial charge is 0.240 e. The fourth-order valence-corrected chi connectivity index (χ4v) is 2.65. The largest absolute Gasteiger partial charge is 0.370 e. The first-order chi connectivity index (χ1) is 10.6. The van der Waals surface area contributed by atoms with E-state index in [1.54, 1.807) is 0 Å². The number of aromatic nitrogens is 2. The summed E-state index contributed by atoms with van der Waals surface area (Å²) in [5.74, 6) is 1.14. The molecule has 23 heavy (non-hydrogen) atoms. The van der Waals surface area contributed by atoms with E-state index in [0.29, 0.717) is 24.9 Å². The summed E-state index contributed by atoms with van der Waals surface area (Å²) >= 11 is 0. The third kappa shape index (κ3) is 4.09. The molecule has 1 unspecified atom stereocenters. The molecule has 1 saturated heterocycles. The summed E-state index contributed by atoms with van der Waals surface area (Å²) in [4.78, 5) is 6.63. The van der Waals surface area contributed by atoms with E-state index in [-0.39, 0.29) is 30.6 Å². The Bertz CT molecular complexity index is 618. The number of nitrogens with zero attached hydrogens (tertiary/aromatic N) is 3. The number of morpholine rings is 1. The van der Waals surface area contributed by atoms with Crippen LogP contribution in [0.4, 0.5) is 0 Å². The Morgan fingerprint density at radius 2 is 2.04 bits per heavy atom. The monoisotopic (exact) mass is 338 g/mol. The van der Waals surface area contributed by atoms with Crippen molar-refractivity contribution in [3.05, 3.63) is 47.6 Å². The van der Waals surface area contributed by atoms with Gasteiger partial charge >= 0.3 is 0 Å². The van der Waals surface area contributed by atoms with Crippen LogP contribution in [0.5, 0.6) is 0 Å². The fourth-order valence-electron chi connectivity index (χ4n) is 2.65. The van der Waals surface area contributed by atoms with Crippen LogP contribution >= 0.6 is 12.4 Å². The second-order valence-corrected chi connectivity index (χ2v) is 6.21. The Balaban J connectivity index is 0.00000192. The standard InChI is InChI=1S/C16H22N4O2.ClH/c1-16(2)11-21-13(12-6-4-3-5-7-12)9-20(16)10-14-18-15(8-17)22-19-14;/h3-7,13H,8-11,17H2,1-2H3;1H. The van der Waals surface area contributed by atoms with Crippen LogP contribution in [0, 0.1) is 0 Å². The Morgan fingerprint density at radius 3 is 2.70 bits per heavy atom. The molecule has 1 aromatic carbocycles. The maximum absolute atomic E-state index is 6.05. The minimum Gasteiger partial charge on any atom is -0.370 e. The Kier molecular flexibility index (Phi) is 5.75. The molecule has 7 heteroatoms. The van der Waals surface area contributed by atoms with E-state index in [9.17, 15) is 0 Å². The molecule has 0 amide bonds. The SMILES string of the molecule is CC1(C)COC(c2ccccc2)CN1Cc1noc(CN)n1.Cl. The van der Waals surface area contributed by atoms with Crippen molar-refractivity contribution < 1.29 is 9.26 Å². The van der Waals surface area contributed by atoms with Gasteiger partial charge < -0.3 is 15.0 Å². The first-order valence-corrected chi connectivity index (χ1v) is 7.51. The predicted molar refractivity (Wildman–Crippen MR) is 89.1 cm³/mol. The molecule has 3 rings (SSSR count). The van der Waals surface area contributed by atoms with Gasteiger partial charge in [0.25, 0.3) is 0 Å². The first kappa shape index (κ1) is 17.9. The lowest BCUT2D eigenvalue weighted by Crippen LogP contribution is -2.53. The highest BCUT2D eigenvalue weighted by atomic mass is 35.5. The summed E-state index contributed by atoms with van der Waals surface area (Å²) < 4.78 is 11.1. The van der Waals surface area contributed by atoms with Crippen molar-refractivity contribution in [1.82, 2.24) is 15.0 Å². The molecule has 1 aromatic heterocycles. The Labute approximate surface area is 142 Å². The highest BCUT2D eigenvalue weighted by Gasteiger charge is 2.36. The van der Waals surface area contributed by atoms with Crippen LogP contribution in [0.15, 0.2) is 34.9 Å². The van der Waals surface area contributed by atoms with E-state index in [0.717, 1.165) is 6.54 Å². The topological polar surface area (TPSA) is 77.4 Å². The molecule has 1 aliphatic rings. The van der Waals surface area contributed by atoms with E-state index in [1.807, 2.05) is 18.2 Å². The quantitative estimate of drug-likeness (QED) is 0.921. The third-order valence-electron chi connectivity index (χ3n) is 4.07. The summed E-state index contributed by atoms with van der Waals surface area (Å²) in [5.41, 5.74) is 6.64. The number of benzene rings is 1. The molecule has 2 N–H and O–H groups in total. The van der Waals surface area contributed by atoms with Gasteiger partial charge in [0.05, 0.1) is 25.8 Å². The lowest BCUT2D eigenvalue weighted by Gasteiger charge is -2.45. The summed E-state index contributed by atoms with van der Waals surface area (Å²) in [6.45, 7) is 6.68. The average Bonchev–Trinajstić information content (AvgIpc) is 2.98. The van der Waals surface area contributed by atoms with Gasteiger partial charge in [0, 0.05) is 12.1 Å². The number of hydrogen-bond donors (Lipinski definition) is 1.